The van der Waals surface area contributed by atoms with E-state index in [0.717, 1.165) is 35.2 Å². The molecule has 1 fully saturated rings. The van der Waals surface area contributed by atoms with E-state index in [1.54, 1.807) is 24.8 Å². The average Bonchev–Trinajstić information content (AvgIpc) is 2.89. The van der Waals surface area contributed by atoms with Gasteiger partial charge in [0.25, 0.3) is 5.91 Å². The van der Waals surface area contributed by atoms with Crippen molar-refractivity contribution >= 4 is 29.5 Å². The van der Waals surface area contributed by atoms with Gasteiger partial charge in [0.05, 0.1) is 0 Å². The molecule has 7 heteroatoms. The van der Waals surface area contributed by atoms with Crippen molar-refractivity contribution in [1.82, 2.24) is 10.2 Å². The SMILES string of the molecule is CSCC[C@H](NC(=O)c1ccc(CN(CCC2CCCCC2)C(C)=O)cc1-c1ccccc1C)C(=O)O. The molecule has 0 aromatic heterocycles. The molecule has 0 spiro atoms. The number of carbonyl (C=O) groups is 3. The number of rotatable bonds is 12. The number of nitrogens with zero attached hydrogens (tertiary/aromatic N) is 1. The largest absolute Gasteiger partial charge is 0.480 e. The van der Waals surface area contributed by atoms with E-state index in [2.05, 4.69) is 5.32 Å². The minimum atomic E-state index is -1.04. The molecule has 1 saturated carbocycles. The predicted octanol–water partition coefficient (Wildman–Crippen LogP) is 5.92. The van der Waals surface area contributed by atoms with Crippen LogP contribution in [-0.2, 0) is 16.1 Å². The van der Waals surface area contributed by atoms with Gasteiger partial charge in [-0.3, -0.25) is 9.59 Å². The average molecular weight is 525 g/mol. The lowest BCUT2D eigenvalue weighted by Gasteiger charge is -2.27. The highest BCUT2D eigenvalue weighted by Gasteiger charge is 2.23. The van der Waals surface area contributed by atoms with E-state index in [0.29, 0.717) is 30.2 Å². The predicted molar refractivity (Wildman–Crippen MR) is 151 cm³/mol. The summed E-state index contributed by atoms with van der Waals surface area (Å²) in [6.45, 7) is 4.83. The number of aliphatic carboxylic acids is 1. The van der Waals surface area contributed by atoms with Crippen molar-refractivity contribution in [3.8, 4) is 11.1 Å². The van der Waals surface area contributed by atoms with Gasteiger partial charge < -0.3 is 15.3 Å². The summed E-state index contributed by atoms with van der Waals surface area (Å²) in [5.74, 6) is -0.0565. The van der Waals surface area contributed by atoms with E-state index in [1.807, 2.05) is 54.5 Å². The number of carboxylic acid groups (broad SMARTS) is 1. The van der Waals surface area contributed by atoms with Crippen LogP contribution in [0, 0.1) is 12.8 Å². The van der Waals surface area contributed by atoms with Gasteiger partial charge in [-0.25, -0.2) is 4.79 Å². The second-order valence-electron chi connectivity index (χ2n) is 10.1. The van der Waals surface area contributed by atoms with Crippen LogP contribution in [0.2, 0.25) is 0 Å². The van der Waals surface area contributed by atoms with Crippen LogP contribution < -0.4 is 5.32 Å². The summed E-state index contributed by atoms with van der Waals surface area (Å²) in [6, 6.07) is 12.5. The summed E-state index contributed by atoms with van der Waals surface area (Å²) in [7, 11) is 0. The minimum absolute atomic E-state index is 0.0492. The van der Waals surface area contributed by atoms with Gasteiger partial charge in [-0.2, -0.15) is 11.8 Å². The van der Waals surface area contributed by atoms with Crippen molar-refractivity contribution in [3.63, 3.8) is 0 Å². The molecule has 200 valence electrons. The van der Waals surface area contributed by atoms with Crippen LogP contribution in [0.25, 0.3) is 11.1 Å². The lowest BCUT2D eigenvalue weighted by molar-refractivity contribution is -0.139. The number of carboxylic acids is 1. The van der Waals surface area contributed by atoms with Gasteiger partial charge in [0, 0.05) is 25.6 Å². The summed E-state index contributed by atoms with van der Waals surface area (Å²) in [5.41, 5.74) is 4.07. The van der Waals surface area contributed by atoms with Crippen LogP contribution in [0.1, 0.15) is 73.4 Å². The first-order valence-electron chi connectivity index (χ1n) is 13.3. The third-order valence-corrected chi connectivity index (χ3v) is 7.97. The Kier molecular flexibility index (Phi) is 11.1. The maximum atomic E-state index is 13.3. The van der Waals surface area contributed by atoms with Gasteiger partial charge in [-0.15, -0.1) is 0 Å². The fraction of sp³-hybridized carbons (Fsp3) is 0.500. The molecule has 1 aliphatic carbocycles. The third kappa shape index (κ3) is 8.35. The van der Waals surface area contributed by atoms with Crippen LogP contribution in [0.5, 0.6) is 0 Å². The highest BCUT2D eigenvalue weighted by atomic mass is 32.2. The molecule has 0 aliphatic heterocycles. The number of thioether (sulfide) groups is 1. The number of nitrogens with one attached hydrogen (secondary N) is 1. The van der Waals surface area contributed by atoms with Gasteiger partial charge in [0.15, 0.2) is 0 Å². The van der Waals surface area contributed by atoms with Crippen molar-refractivity contribution in [3.05, 3.63) is 59.2 Å². The smallest absolute Gasteiger partial charge is 0.326 e. The Labute approximate surface area is 225 Å². The van der Waals surface area contributed by atoms with Crippen LogP contribution in [0.4, 0.5) is 0 Å². The van der Waals surface area contributed by atoms with Crippen LogP contribution in [0.3, 0.4) is 0 Å². The number of aryl methyl sites for hydroxylation is 1. The lowest BCUT2D eigenvalue weighted by atomic mass is 9.87. The van der Waals surface area contributed by atoms with Gasteiger partial charge in [0.1, 0.15) is 6.04 Å². The molecule has 1 atom stereocenters. The fourth-order valence-corrected chi connectivity index (χ4v) is 5.57. The lowest BCUT2D eigenvalue weighted by Crippen LogP contribution is -2.41. The Balaban J connectivity index is 1.86. The molecule has 2 amide bonds. The first-order valence-corrected chi connectivity index (χ1v) is 14.7. The quantitative estimate of drug-likeness (QED) is 0.360. The number of hydrogen-bond donors (Lipinski definition) is 2. The molecule has 6 nitrogen and oxygen atoms in total. The molecular formula is C30H40N2O4S. The molecule has 0 unspecified atom stereocenters. The summed E-state index contributed by atoms with van der Waals surface area (Å²) in [5, 5.41) is 12.3. The number of benzene rings is 2. The fourth-order valence-electron chi connectivity index (χ4n) is 5.10. The van der Waals surface area contributed by atoms with E-state index in [9.17, 15) is 19.5 Å². The zero-order valence-electron chi connectivity index (χ0n) is 22.3. The molecule has 2 aromatic rings. The van der Waals surface area contributed by atoms with E-state index in [1.165, 1.54) is 32.1 Å². The van der Waals surface area contributed by atoms with Gasteiger partial charge in [0.2, 0.25) is 5.91 Å². The molecule has 0 bridgehead atoms. The molecule has 3 rings (SSSR count). The Hall–Kier alpha value is -2.80. The summed E-state index contributed by atoms with van der Waals surface area (Å²) in [6.07, 6.45) is 9.69. The molecule has 2 N–H and O–H groups in total. The summed E-state index contributed by atoms with van der Waals surface area (Å²) in [4.78, 5) is 39.4. The van der Waals surface area contributed by atoms with E-state index >= 15 is 0 Å². The minimum Gasteiger partial charge on any atom is -0.480 e. The second kappa shape index (κ2) is 14.2. The number of carbonyl (C=O) groups excluding carboxylic acids is 2. The van der Waals surface area contributed by atoms with Crippen molar-refractivity contribution in [2.45, 2.75) is 71.4 Å². The maximum Gasteiger partial charge on any atom is 0.326 e. The van der Waals surface area contributed by atoms with Crippen LogP contribution in [-0.4, -0.2) is 52.4 Å². The Bertz CT molecular complexity index is 1080. The standard InChI is InChI=1S/C30H40N2O4S/c1-21-9-7-8-12-25(21)27-19-24(20-32(22(2)33)17-15-23-10-5-4-6-11-23)13-14-26(27)29(34)31-28(30(35)36)16-18-37-3/h7-9,12-14,19,23,28H,4-6,10-11,15-18,20H2,1-3H3,(H,31,34)(H,35,36)/t28-/m0/s1. The normalized spacial score (nSPS) is 14.7. The zero-order valence-corrected chi connectivity index (χ0v) is 23.1. The Morgan fingerprint density at radius 2 is 1.81 bits per heavy atom. The topological polar surface area (TPSA) is 86.7 Å². The zero-order chi connectivity index (χ0) is 26.8. The van der Waals surface area contributed by atoms with Gasteiger partial charge in [-0.1, -0.05) is 62.4 Å². The molecule has 1 aliphatic rings. The summed E-state index contributed by atoms with van der Waals surface area (Å²) < 4.78 is 0. The monoisotopic (exact) mass is 524 g/mol. The van der Waals surface area contributed by atoms with Crippen molar-refractivity contribution < 1.29 is 19.5 Å². The summed E-state index contributed by atoms with van der Waals surface area (Å²) >= 11 is 1.55. The molecule has 0 saturated heterocycles. The molecule has 0 radical (unpaired) electrons. The van der Waals surface area contributed by atoms with Crippen LogP contribution in [0.15, 0.2) is 42.5 Å². The first kappa shape index (κ1) is 28.8. The molecule has 37 heavy (non-hydrogen) atoms. The van der Waals surface area contributed by atoms with Crippen molar-refractivity contribution in [2.75, 3.05) is 18.6 Å². The molecule has 2 aromatic carbocycles. The third-order valence-electron chi connectivity index (χ3n) is 7.33. The highest BCUT2D eigenvalue weighted by molar-refractivity contribution is 7.98. The first-order chi connectivity index (χ1) is 17.8. The van der Waals surface area contributed by atoms with E-state index in [-0.39, 0.29) is 5.91 Å². The van der Waals surface area contributed by atoms with E-state index in [4.69, 9.17) is 0 Å². The van der Waals surface area contributed by atoms with E-state index < -0.39 is 17.9 Å². The molecule has 0 heterocycles. The van der Waals surface area contributed by atoms with Crippen molar-refractivity contribution in [1.29, 1.82) is 0 Å². The second-order valence-corrected chi connectivity index (χ2v) is 11.1. The Morgan fingerprint density at radius 3 is 2.46 bits per heavy atom. The highest BCUT2D eigenvalue weighted by Crippen LogP contribution is 2.30. The van der Waals surface area contributed by atoms with Crippen LogP contribution >= 0.6 is 11.8 Å². The maximum absolute atomic E-state index is 13.3. The molecular weight excluding hydrogens is 484 g/mol. The van der Waals surface area contributed by atoms with Gasteiger partial charge >= 0.3 is 5.97 Å². The number of hydrogen-bond acceptors (Lipinski definition) is 4. The Morgan fingerprint density at radius 1 is 1.08 bits per heavy atom. The van der Waals surface area contributed by atoms with Crippen molar-refractivity contribution in [2.24, 2.45) is 5.92 Å². The number of amides is 2. The van der Waals surface area contributed by atoms with Gasteiger partial charge in [-0.05, 0) is 72.1 Å².